The summed E-state index contributed by atoms with van der Waals surface area (Å²) in [5.74, 6) is -0.00569. The number of nitrogens with zero attached hydrogens (tertiary/aromatic N) is 3. The predicted octanol–water partition coefficient (Wildman–Crippen LogP) is 2.07. The molecule has 3 rings (SSSR count). The molecule has 2 heterocycles. The summed E-state index contributed by atoms with van der Waals surface area (Å²) in [5, 5.41) is 11.1. The van der Waals surface area contributed by atoms with Crippen LogP contribution in [0.5, 0.6) is 0 Å². The van der Waals surface area contributed by atoms with Gasteiger partial charge < -0.3 is 14.9 Å². The number of piperazine rings is 1. The minimum Gasteiger partial charge on any atom is -0.478 e. The first kappa shape index (κ1) is 13.8. The van der Waals surface area contributed by atoms with Crippen molar-refractivity contribution in [3.63, 3.8) is 0 Å². The van der Waals surface area contributed by atoms with Crippen LogP contribution >= 0.6 is 0 Å². The minimum absolute atomic E-state index is 0.309. The number of aromatic nitrogens is 1. The zero-order valence-electron chi connectivity index (χ0n) is 12.1. The fourth-order valence-corrected chi connectivity index (χ4v) is 2.81. The van der Waals surface area contributed by atoms with Crippen LogP contribution in [0.1, 0.15) is 17.3 Å². The molecule has 5 heteroatoms. The molecule has 1 N–H and O–H groups in total. The Morgan fingerprint density at radius 1 is 1.24 bits per heavy atom. The summed E-state index contributed by atoms with van der Waals surface area (Å²) < 4.78 is 0. The van der Waals surface area contributed by atoms with E-state index in [1.165, 1.54) is 0 Å². The molecule has 1 fully saturated rings. The van der Waals surface area contributed by atoms with Crippen LogP contribution in [-0.4, -0.2) is 53.7 Å². The summed E-state index contributed by atoms with van der Waals surface area (Å²) >= 11 is 0. The number of likely N-dealkylation sites (N-methyl/N-ethyl adjacent to an activating group) is 1. The average Bonchev–Trinajstić information content (AvgIpc) is 2.54. The molecule has 1 aromatic carbocycles. The molecule has 0 spiro atoms. The summed E-state index contributed by atoms with van der Waals surface area (Å²) in [6, 6.07) is 7.15. The highest BCUT2D eigenvalue weighted by molar-refractivity contribution is 5.98. The minimum atomic E-state index is -0.900. The number of hydrogen-bond acceptors (Lipinski definition) is 4. The Morgan fingerprint density at radius 2 is 2.00 bits per heavy atom. The van der Waals surface area contributed by atoms with Crippen molar-refractivity contribution in [3.05, 3.63) is 36.0 Å². The maximum Gasteiger partial charge on any atom is 0.335 e. The molecule has 110 valence electrons. The van der Waals surface area contributed by atoms with Crippen LogP contribution in [-0.2, 0) is 0 Å². The quantitative estimate of drug-likeness (QED) is 0.935. The van der Waals surface area contributed by atoms with Gasteiger partial charge in [0.1, 0.15) is 5.82 Å². The highest BCUT2D eigenvalue weighted by Crippen LogP contribution is 2.26. The van der Waals surface area contributed by atoms with Gasteiger partial charge in [0.2, 0.25) is 0 Å². The number of benzene rings is 1. The lowest BCUT2D eigenvalue weighted by Gasteiger charge is -2.35. The first-order chi connectivity index (χ1) is 10.2. The van der Waals surface area contributed by atoms with E-state index < -0.39 is 5.97 Å². The van der Waals surface area contributed by atoms with Crippen molar-refractivity contribution >= 4 is 22.6 Å². The van der Waals surface area contributed by atoms with Gasteiger partial charge in [-0.2, -0.15) is 0 Å². The van der Waals surface area contributed by atoms with Crippen molar-refractivity contribution in [1.29, 1.82) is 0 Å². The Labute approximate surface area is 123 Å². The van der Waals surface area contributed by atoms with Crippen LogP contribution in [0.15, 0.2) is 30.5 Å². The van der Waals surface area contributed by atoms with E-state index in [1.54, 1.807) is 18.3 Å². The van der Waals surface area contributed by atoms with Crippen LogP contribution in [0.4, 0.5) is 5.82 Å². The van der Waals surface area contributed by atoms with Gasteiger partial charge in [0.05, 0.1) is 5.56 Å². The summed E-state index contributed by atoms with van der Waals surface area (Å²) in [4.78, 5) is 20.3. The van der Waals surface area contributed by atoms with Gasteiger partial charge in [-0.3, -0.25) is 0 Å². The second kappa shape index (κ2) is 5.69. The third-order valence-corrected chi connectivity index (χ3v) is 4.11. The number of carbonyl (C=O) groups is 1. The number of rotatable bonds is 3. The number of carboxylic acids is 1. The number of aromatic carboxylic acids is 1. The van der Waals surface area contributed by atoms with Crippen LogP contribution in [0.2, 0.25) is 0 Å². The van der Waals surface area contributed by atoms with Gasteiger partial charge in [0, 0.05) is 37.8 Å². The highest BCUT2D eigenvalue weighted by atomic mass is 16.4. The third kappa shape index (κ3) is 2.69. The molecule has 0 atom stereocenters. The van der Waals surface area contributed by atoms with Crippen LogP contribution in [0.25, 0.3) is 10.8 Å². The molecule has 1 aliphatic rings. The fraction of sp³-hybridized carbons (Fsp3) is 0.375. The summed E-state index contributed by atoms with van der Waals surface area (Å²) in [6.07, 6.45) is 1.80. The number of hydrogen-bond donors (Lipinski definition) is 1. The molecule has 1 aromatic heterocycles. The Bertz CT molecular complexity index is 664. The first-order valence-electron chi connectivity index (χ1n) is 7.28. The summed E-state index contributed by atoms with van der Waals surface area (Å²) in [6.45, 7) is 7.14. The smallest absolute Gasteiger partial charge is 0.335 e. The van der Waals surface area contributed by atoms with Crippen molar-refractivity contribution in [2.24, 2.45) is 0 Å². The van der Waals surface area contributed by atoms with Crippen molar-refractivity contribution in [1.82, 2.24) is 9.88 Å². The van der Waals surface area contributed by atoms with Crippen molar-refractivity contribution < 1.29 is 9.90 Å². The Morgan fingerprint density at radius 3 is 2.67 bits per heavy atom. The van der Waals surface area contributed by atoms with E-state index in [4.69, 9.17) is 0 Å². The first-order valence-corrected chi connectivity index (χ1v) is 7.28. The zero-order chi connectivity index (χ0) is 14.8. The Balaban J connectivity index is 1.98. The highest BCUT2D eigenvalue weighted by Gasteiger charge is 2.19. The zero-order valence-corrected chi connectivity index (χ0v) is 12.1. The molecule has 21 heavy (non-hydrogen) atoms. The van der Waals surface area contributed by atoms with Crippen LogP contribution in [0, 0.1) is 0 Å². The Kier molecular flexibility index (Phi) is 3.75. The maximum absolute atomic E-state index is 11.2. The van der Waals surface area contributed by atoms with Crippen LogP contribution < -0.4 is 4.90 Å². The van der Waals surface area contributed by atoms with Crippen LogP contribution in [0.3, 0.4) is 0 Å². The molecule has 0 bridgehead atoms. The lowest BCUT2D eigenvalue weighted by molar-refractivity contribution is 0.0697. The largest absolute Gasteiger partial charge is 0.478 e. The monoisotopic (exact) mass is 285 g/mol. The Hall–Kier alpha value is -2.14. The predicted molar refractivity (Wildman–Crippen MR) is 83.0 cm³/mol. The second-order valence-corrected chi connectivity index (χ2v) is 5.30. The lowest BCUT2D eigenvalue weighted by atomic mass is 10.1. The normalized spacial score (nSPS) is 16.3. The SMILES string of the molecule is CCN1CCN(c2nccc3ccc(C(=O)O)cc23)CC1. The van der Waals surface area contributed by atoms with Crippen molar-refractivity contribution in [2.75, 3.05) is 37.6 Å². The number of fused-ring (bicyclic) bond motifs is 1. The number of carboxylic acid groups (broad SMARTS) is 1. The average molecular weight is 285 g/mol. The van der Waals surface area contributed by atoms with E-state index >= 15 is 0 Å². The topological polar surface area (TPSA) is 56.7 Å². The molecule has 1 saturated heterocycles. The van der Waals surface area contributed by atoms with Gasteiger partial charge in [0.25, 0.3) is 0 Å². The third-order valence-electron chi connectivity index (χ3n) is 4.11. The summed E-state index contributed by atoms with van der Waals surface area (Å²) in [5.41, 5.74) is 0.309. The van der Waals surface area contributed by atoms with Gasteiger partial charge in [-0.05, 0) is 30.1 Å². The van der Waals surface area contributed by atoms with E-state index in [0.717, 1.165) is 49.3 Å². The number of anilines is 1. The molecule has 2 aromatic rings. The van der Waals surface area contributed by atoms with Gasteiger partial charge >= 0.3 is 5.97 Å². The van der Waals surface area contributed by atoms with E-state index in [9.17, 15) is 9.90 Å². The van der Waals surface area contributed by atoms with Gasteiger partial charge in [-0.15, -0.1) is 0 Å². The molecular formula is C16H19N3O2. The van der Waals surface area contributed by atoms with Gasteiger partial charge in [-0.25, -0.2) is 9.78 Å². The van der Waals surface area contributed by atoms with Gasteiger partial charge in [0.15, 0.2) is 0 Å². The lowest BCUT2D eigenvalue weighted by Crippen LogP contribution is -2.46. The standard InChI is InChI=1S/C16H19N3O2/c1-2-18-7-9-19(10-8-18)15-14-11-13(16(20)21)4-3-12(14)5-6-17-15/h3-6,11H,2,7-10H2,1H3,(H,20,21). The van der Waals surface area contributed by atoms with Gasteiger partial charge in [-0.1, -0.05) is 13.0 Å². The van der Waals surface area contributed by atoms with E-state index in [0.29, 0.717) is 5.56 Å². The van der Waals surface area contributed by atoms with E-state index in [2.05, 4.69) is 21.7 Å². The molecule has 0 saturated carbocycles. The molecule has 0 amide bonds. The van der Waals surface area contributed by atoms with Crippen molar-refractivity contribution in [3.8, 4) is 0 Å². The molecule has 0 aliphatic carbocycles. The molecular weight excluding hydrogens is 266 g/mol. The van der Waals surface area contributed by atoms with E-state index in [-0.39, 0.29) is 0 Å². The molecule has 0 radical (unpaired) electrons. The maximum atomic E-state index is 11.2. The molecule has 1 aliphatic heterocycles. The second-order valence-electron chi connectivity index (χ2n) is 5.30. The van der Waals surface area contributed by atoms with E-state index in [1.807, 2.05) is 12.1 Å². The van der Waals surface area contributed by atoms with Crippen molar-refractivity contribution in [2.45, 2.75) is 6.92 Å². The fourth-order valence-electron chi connectivity index (χ4n) is 2.81. The molecule has 0 unspecified atom stereocenters. The molecule has 5 nitrogen and oxygen atoms in total. The summed E-state index contributed by atoms with van der Waals surface area (Å²) in [7, 11) is 0. The number of pyridine rings is 1.